The molecule has 0 heterocycles. The fraction of sp³-hybridized carbons (Fsp3) is 0.182. The van der Waals surface area contributed by atoms with Gasteiger partial charge in [-0.15, -0.1) is 0 Å². The van der Waals surface area contributed by atoms with E-state index in [0.29, 0.717) is 22.1 Å². The summed E-state index contributed by atoms with van der Waals surface area (Å²) in [5.41, 5.74) is 0.642. The van der Waals surface area contributed by atoms with E-state index in [1.165, 1.54) is 13.8 Å². The van der Waals surface area contributed by atoms with Crippen molar-refractivity contribution in [1.82, 2.24) is 0 Å². The largest absolute Gasteiger partial charge is 1.00 e. The maximum atomic E-state index is 11.3. The Bertz CT molecular complexity index is 579. The van der Waals surface area contributed by atoms with Crippen molar-refractivity contribution in [2.45, 2.75) is 13.8 Å². The van der Waals surface area contributed by atoms with Gasteiger partial charge in [0.05, 0.1) is 20.9 Å². The Hall–Kier alpha value is 0.820. The number of amides is 2. The van der Waals surface area contributed by atoms with E-state index in [1.807, 2.05) is 67.8 Å². The topological polar surface area (TPSA) is 98.3 Å². The van der Waals surface area contributed by atoms with Crippen LogP contribution in [-0.2, 0) is 9.59 Å². The molecule has 2 amide bonds. The second-order valence-electron chi connectivity index (χ2n) is 3.72. The van der Waals surface area contributed by atoms with Gasteiger partial charge in [-0.05, 0) is 67.8 Å². The number of carboxylic acid groups (broad SMARTS) is 1. The SMILES string of the molecule is CC(=O)Nc1c([125I])c(NC(C)=O)c([125I])c(C(=O)[O-])c1[125I].[Na+]. The van der Waals surface area contributed by atoms with Gasteiger partial charge in [-0.25, -0.2) is 0 Å². The quantitative estimate of drug-likeness (QED) is 0.324. The summed E-state index contributed by atoms with van der Waals surface area (Å²) in [6, 6.07) is 0. The van der Waals surface area contributed by atoms with E-state index in [-0.39, 0.29) is 46.9 Å². The van der Waals surface area contributed by atoms with E-state index in [0.717, 1.165) is 0 Å². The van der Waals surface area contributed by atoms with Gasteiger partial charge in [0.15, 0.2) is 0 Å². The van der Waals surface area contributed by atoms with Crippen molar-refractivity contribution >= 4 is 96.9 Å². The fourth-order valence-corrected chi connectivity index (χ4v) is 5.56. The Kier molecular flexibility index (Phi) is 9.56. The molecule has 0 aliphatic carbocycles. The van der Waals surface area contributed by atoms with Crippen LogP contribution in [0.25, 0.3) is 0 Å². The van der Waals surface area contributed by atoms with Crippen molar-refractivity contribution in [2.75, 3.05) is 10.6 Å². The Morgan fingerprint density at radius 1 is 0.857 bits per heavy atom. The van der Waals surface area contributed by atoms with E-state index < -0.39 is 5.97 Å². The third-order valence-electron chi connectivity index (χ3n) is 2.12. The van der Waals surface area contributed by atoms with Gasteiger partial charge in [0.1, 0.15) is 0 Å². The minimum atomic E-state index is -1.37. The van der Waals surface area contributed by atoms with E-state index in [2.05, 4.69) is 10.6 Å². The van der Waals surface area contributed by atoms with Crippen LogP contribution in [0.4, 0.5) is 11.4 Å². The van der Waals surface area contributed by atoms with Crippen LogP contribution in [0, 0.1) is 10.7 Å². The third kappa shape index (κ3) is 5.44. The van der Waals surface area contributed by atoms with Crippen LogP contribution in [0.3, 0.4) is 0 Å². The van der Waals surface area contributed by atoms with Gasteiger partial charge in [-0.1, -0.05) is 0 Å². The zero-order chi connectivity index (χ0) is 15.6. The van der Waals surface area contributed by atoms with Gasteiger partial charge in [-0.3, -0.25) is 9.59 Å². The van der Waals surface area contributed by atoms with Crippen molar-refractivity contribution in [3.8, 4) is 0 Å². The molecular formula is C11H8I3N2NaO4. The summed E-state index contributed by atoms with van der Waals surface area (Å²) in [6.07, 6.45) is 0. The first-order valence-electron chi connectivity index (χ1n) is 5.13. The van der Waals surface area contributed by atoms with Crippen LogP contribution in [-0.4, -0.2) is 17.8 Å². The predicted octanol–water partition coefficient (Wildman–Crippen LogP) is -1.22. The van der Waals surface area contributed by atoms with Crippen LogP contribution in [0.15, 0.2) is 0 Å². The van der Waals surface area contributed by atoms with Gasteiger partial charge < -0.3 is 20.5 Å². The summed E-state index contributed by atoms with van der Waals surface area (Å²) in [7, 11) is 0. The maximum absolute atomic E-state index is 11.3. The Labute approximate surface area is 184 Å². The molecule has 0 spiro atoms. The van der Waals surface area contributed by atoms with Crippen LogP contribution in [0.1, 0.15) is 24.2 Å². The number of hydrogen-bond donors (Lipinski definition) is 2. The van der Waals surface area contributed by atoms with Crippen LogP contribution in [0.2, 0.25) is 0 Å². The molecule has 0 atom stereocenters. The van der Waals surface area contributed by atoms with Crippen molar-refractivity contribution in [3.05, 3.63) is 16.3 Å². The molecule has 0 aromatic heterocycles. The standard InChI is InChI=1S/C11H9I3N2O4.Na/c1-3(17)15-9-6(12)5(11(19)20)7(13)10(8(9)14)16-4(2)18;/h1-2H3,(H,15,17)(H,16,18)(H,19,20);/q;+1/p-1/i12-2,13-2,14-2;. The number of halogens is 3. The maximum Gasteiger partial charge on any atom is 1.00 e. The third-order valence-corrected chi connectivity index (χ3v) is 5.36. The molecule has 1 aromatic carbocycles. The van der Waals surface area contributed by atoms with E-state index in [9.17, 15) is 19.5 Å². The molecule has 0 radical (unpaired) electrons. The normalized spacial score (nSPS) is 9.57. The zero-order valence-electron chi connectivity index (χ0n) is 11.3. The van der Waals surface area contributed by atoms with Crippen molar-refractivity contribution in [3.63, 3.8) is 0 Å². The molecule has 108 valence electrons. The number of carbonyl (C=O) groups is 3. The molecule has 2 N–H and O–H groups in total. The molecule has 6 nitrogen and oxygen atoms in total. The number of hydrogen-bond acceptors (Lipinski definition) is 4. The smallest absolute Gasteiger partial charge is 0.545 e. The monoisotopic (exact) mass is 630 g/mol. The number of anilines is 2. The second kappa shape index (κ2) is 9.20. The van der Waals surface area contributed by atoms with Gasteiger partial charge >= 0.3 is 29.6 Å². The van der Waals surface area contributed by atoms with Gasteiger partial charge in [0.25, 0.3) is 0 Å². The molecule has 0 aliphatic heterocycles. The molecule has 0 bridgehead atoms. The summed E-state index contributed by atoms with van der Waals surface area (Å²) in [5, 5.41) is 16.4. The van der Waals surface area contributed by atoms with Crippen LogP contribution < -0.4 is 45.3 Å². The van der Waals surface area contributed by atoms with Crippen LogP contribution in [0.5, 0.6) is 0 Å². The number of benzene rings is 1. The molecule has 1 rings (SSSR count). The summed E-state index contributed by atoms with van der Waals surface area (Å²) in [6.45, 7) is 2.64. The first kappa shape index (κ1) is 21.8. The Balaban J connectivity index is 0.00000400. The number of rotatable bonds is 3. The fourth-order valence-electron chi connectivity index (χ4n) is 1.41. The first-order chi connectivity index (χ1) is 9.16. The predicted molar refractivity (Wildman–Crippen MR) is 97.5 cm³/mol. The molecular weight excluding hydrogens is 622 g/mol. The molecule has 0 saturated carbocycles. The average molecular weight is 630 g/mol. The molecule has 0 unspecified atom stereocenters. The Morgan fingerprint density at radius 3 is 1.43 bits per heavy atom. The first-order valence-corrected chi connectivity index (χ1v) is 8.37. The summed E-state index contributed by atoms with van der Waals surface area (Å²) in [4.78, 5) is 33.8. The second-order valence-corrected chi connectivity index (χ2v) is 6.95. The molecule has 21 heavy (non-hydrogen) atoms. The van der Waals surface area contributed by atoms with E-state index >= 15 is 0 Å². The zero-order valence-corrected chi connectivity index (χ0v) is 19.7. The van der Waals surface area contributed by atoms with Crippen LogP contribution >= 0.6 is 67.8 Å². The summed E-state index contributed by atoms with van der Waals surface area (Å²) in [5.74, 6) is -2.03. The summed E-state index contributed by atoms with van der Waals surface area (Å²) >= 11 is 5.61. The molecule has 0 saturated heterocycles. The minimum absolute atomic E-state index is 0. The van der Waals surface area contributed by atoms with Gasteiger partial charge in [0, 0.05) is 26.6 Å². The van der Waals surface area contributed by atoms with Crippen molar-refractivity contribution < 1.29 is 49.0 Å². The molecule has 1 aromatic rings. The van der Waals surface area contributed by atoms with Crippen molar-refractivity contribution in [1.29, 1.82) is 0 Å². The average Bonchev–Trinajstić information content (AvgIpc) is 2.29. The van der Waals surface area contributed by atoms with E-state index in [1.54, 1.807) is 0 Å². The molecule has 0 fully saturated rings. The van der Waals surface area contributed by atoms with Crippen molar-refractivity contribution in [2.24, 2.45) is 0 Å². The molecule has 10 heteroatoms. The minimum Gasteiger partial charge on any atom is -0.545 e. The van der Waals surface area contributed by atoms with Gasteiger partial charge in [-0.2, -0.15) is 0 Å². The molecule has 0 aliphatic rings. The summed E-state index contributed by atoms with van der Waals surface area (Å²) < 4.78 is 1.29. The van der Waals surface area contributed by atoms with E-state index in [4.69, 9.17) is 0 Å². The van der Waals surface area contributed by atoms with Gasteiger partial charge in [0.2, 0.25) is 11.8 Å². The number of carbonyl (C=O) groups excluding carboxylic acids is 3. The Morgan fingerprint density at radius 2 is 1.19 bits per heavy atom. The number of aromatic carboxylic acids is 1. The number of carboxylic acids is 1. The number of nitrogens with one attached hydrogen (secondary N) is 2.